The molecule has 1 aromatic carbocycles. The zero-order chi connectivity index (χ0) is 14.8. The zero-order valence-electron chi connectivity index (χ0n) is 11.7. The summed E-state index contributed by atoms with van der Waals surface area (Å²) < 4.78 is 27.6. The van der Waals surface area contributed by atoms with Crippen LogP contribution in [0.5, 0.6) is 0 Å². The summed E-state index contributed by atoms with van der Waals surface area (Å²) in [5.41, 5.74) is 0.217. The van der Waals surface area contributed by atoms with E-state index < -0.39 is 23.1 Å². The summed E-state index contributed by atoms with van der Waals surface area (Å²) >= 11 is 0. The highest BCUT2D eigenvalue weighted by Gasteiger charge is 2.35. The molecule has 1 aliphatic rings. The van der Waals surface area contributed by atoms with Crippen LogP contribution in [0.2, 0.25) is 0 Å². The fourth-order valence-corrected chi connectivity index (χ4v) is 2.26. The molecular weight excluding hydrogens is 310 g/mol. The maximum Gasteiger partial charge on any atom is 0.260 e. The number of hydrogen-bond donors (Lipinski definition) is 0. The van der Waals surface area contributed by atoms with Gasteiger partial charge in [-0.2, -0.15) is 0 Å². The van der Waals surface area contributed by atoms with Crippen LogP contribution in [0.3, 0.4) is 0 Å². The second-order valence-corrected chi connectivity index (χ2v) is 5.08. The van der Waals surface area contributed by atoms with Crippen molar-refractivity contribution in [2.24, 2.45) is 0 Å². The molecule has 0 spiro atoms. The van der Waals surface area contributed by atoms with E-state index in [1.807, 2.05) is 6.07 Å². The van der Waals surface area contributed by atoms with Crippen molar-refractivity contribution in [1.82, 2.24) is 9.88 Å². The molecule has 0 N–H and O–H groups in total. The van der Waals surface area contributed by atoms with E-state index in [1.54, 1.807) is 18.3 Å². The normalized spacial score (nSPS) is 13.4. The molecule has 0 atom stereocenters. The number of rotatable bonds is 4. The molecule has 3 rings (SSSR count). The standard InChI is InChI=1S/C16H14F2N2O.ClH/c17-13-5-3-6-14(18)15(13)16(21)20(12-7-8-12)10-11-4-1-2-9-19-11;/h1-6,9,12H,7-8,10H2;1H. The molecule has 1 saturated carbocycles. The molecule has 1 amide bonds. The lowest BCUT2D eigenvalue weighted by atomic mass is 10.1. The average Bonchev–Trinajstić information content (AvgIpc) is 3.30. The van der Waals surface area contributed by atoms with E-state index >= 15 is 0 Å². The van der Waals surface area contributed by atoms with Crippen LogP contribution in [-0.2, 0) is 6.54 Å². The van der Waals surface area contributed by atoms with Crippen molar-refractivity contribution >= 4 is 18.3 Å². The second-order valence-electron chi connectivity index (χ2n) is 5.08. The minimum Gasteiger partial charge on any atom is -0.330 e. The first kappa shape index (κ1) is 16.4. The predicted octanol–water partition coefficient (Wildman–Crippen LogP) is 3.59. The number of nitrogens with zero attached hydrogens (tertiary/aromatic N) is 2. The Hall–Kier alpha value is -2.01. The lowest BCUT2D eigenvalue weighted by Crippen LogP contribution is -2.34. The first-order valence-corrected chi connectivity index (χ1v) is 6.81. The summed E-state index contributed by atoms with van der Waals surface area (Å²) in [7, 11) is 0. The highest BCUT2D eigenvalue weighted by Crippen LogP contribution is 2.30. The Bertz CT molecular complexity index is 642. The van der Waals surface area contributed by atoms with Gasteiger partial charge in [0.15, 0.2) is 0 Å². The molecule has 22 heavy (non-hydrogen) atoms. The van der Waals surface area contributed by atoms with Crippen LogP contribution in [0.25, 0.3) is 0 Å². The van der Waals surface area contributed by atoms with Gasteiger partial charge in [-0.05, 0) is 37.1 Å². The Kier molecular flexibility index (Phi) is 5.08. The van der Waals surface area contributed by atoms with Crippen LogP contribution >= 0.6 is 12.4 Å². The Balaban J connectivity index is 0.00000176. The van der Waals surface area contributed by atoms with Gasteiger partial charge in [0.05, 0.1) is 12.2 Å². The van der Waals surface area contributed by atoms with E-state index in [0.717, 1.165) is 25.0 Å². The van der Waals surface area contributed by atoms with Crippen LogP contribution in [0.15, 0.2) is 42.6 Å². The molecule has 0 radical (unpaired) electrons. The Morgan fingerprint density at radius 1 is 1.14 bits per heavy atom. The van der Waals surface area contributed by atoms with E-state index in [1.165, 1.54) is 11.0 Å². The van der Waals surface area contributed by atoms with E-state index in [9.17, 15) is 13.6 Å². The fourth-order valence-electron chi connectivity index (χ4n) is 2.26. The molecule has 116 valence electrons. The molecule has 3 nitrogen and oxygen atoms in total. The van der Waals surface area contributed by atoms with E-state index in [2.05, 4.69) is 4.98 Å². The first-order valence-electron chi connectivity index (χ1n) is 6.81. The maximum atomic E-state index is 13.8. The molecule has 0 saturated heterocycles. The summed E-state index contributed by atoms with van der Waals surface area (Å²) in [5, 5.41) is 0. The third-order valence-electron chi connectivity index (χ3n) is 3.48. The van der Waals surface area contributed by atoms with Crippen LogP contribution in [-0.4, -0.2) is 21.8 Å². The van der Waals surface area contributed by atoms with Gasteiger partial charge in [0.25, 0.3) is 5.91 Å². The van der Waals surface area contributed by atoms with Crippen LogP contribution in [0.1, 0.15) is 28.9 Å². The van der Waals surface area contributed by atoms with Crippen molar-refractivity contribution in [3.63, 3.8) is 0 Å². The predicted molar refractivity (Wildman–Crippen MR) is 80.7 cm³/mol. The number of amides is 1. The molecule has 1 fully saturated rings. The van der Waals surface area contributed by atoms with Crippen molar-refractivity contribution in [3.8, 4) is 0 Å². The number of carbonyl (C=O) groups excluding carboxylic acids is 1. The topological polar surface area (TPSA) is 33.2 Å². The molecule has 0 bridgehead atoms. The van der Waals surface area contributed by atoms with Gasteiger partial charge in [0, 0.05) is 12.2 Å². The number of carbonyl (C=O) groups is 1. The summed E-state index contributed by atoms with van der Waals surface area (Å²) in [4.78, 5) is 18.2. The molecule has 2 aromatic rings. The SMILES string of the molecule is Cl.O=C(c1c(F)cccc1F)N(Cc1ccccn1)C1CC1. The van der Waals surface area contributed by atoms with E-state index in [0.29, 0.717) is 5.69 Å². The number of pyridine rings is 1. The molecule has 0 aliphatic heterocycles. The van der Waals surface area contributed by atoms with Crippen LogP contribution in [0, 0.1) is 11.6 Å². The maximum absolute atomic E-state index is 13.8. The minimum atomic E-state index is -0.827. The first-order chi connectivity index (χ1) is 10.2. The van der Waals surface area contributed by atoms with E-state index in [4.69, 9.17) is 0 Å². The fraction of sp³-hybridized carbons (Fsp3) is 0.250. The molecule has 0 unspecified atom stereocenters. The Morgan fingerprint density at radius 3 is 2.36 bits per heavy atom. The van der Waals surface area contributed by atoms with Gasteiger partial charge in [0.1, 0.15) is 17.2 Å². The van der Waals surface area contributed by atoms with Gasteiger partial charge < -0.3 is 4.90 Å². The quantitative estimate of drug-likeness (QED) is 0.861. The van der Waals surface area contributed by atoms with Crippen molar-refractivity contribution in [2.45, 2.75) is 25.4 Å². The highest BCUT2D eigenvalue weighted by atomic mass is 35.5. The van der Waals surface area contributed by atoms with Gasteiger partial charge >= 0.3 is 0 Å². The third kappa shape index (κ3) is 3.42. The second kappa shape index (κ2) is 6.83. The lowest BCUT2D eigenvalue weighted by molar-refractivity contribution is 0.0717. The molecule has 6 heteroatoms. The minimum absolute atomic E-state index is 0. The van der Waals surface area contributed by atoms with Crippen molar-refractivity contribution in [3.05, 3.63) is 65.5 Å². The van der Waals surface area contributed by atoms with E-state index in [-0.39, 0.29) is 25.0 Å². The highest BCUT2D eigenvalue weighted by molar-refractivity contribution is 5.95. The average molecular weight is 325 g/mol. The Labute approximate surface area is 133 Å². The van der Waals surface area contributed by atoms with Crippen molar-refractivity contribution in [1.29, 1.82) is 0 Å². The van der Waals surface area contributed by atoms with Gasteiger partial charge in [-0.1, -0.05) is 12.1 Å². The van der Waals surface area contributed by atoms with Crippen LogP contribution < -0.4 is 0 Å². The molecule has 1 aromatic heterocycles. The number of halogens is 3. The molecule has 1 aliphatic carbocycles. The number of aromatic nitrogens is 1. The molecular formula is C16H15ClF2N2O. The number of benzene rings is 1. The van der Waals surface area contributed by atoms with Gasteiger partial charge in [-0.15, -0.1) is 12.4 Å². The van der Waals surface area contributed by atoms with Gasteiger partial charge in [-0.3, -0.25) is 9.78 Å². The van der Waals surface area contributed by atoms with Crippen molar-refractivity contribution in [2.75, 3.05) is 0 Å². The largest absolute Gasteiger partial charge is 0.330 e. The third-order valence-corrected chi connectivity index (χ3v) is 3.48. The zero-order valence-corrected chi connectivity index (χ0v) is 12.5. The number of hydrogen-bond acceptors (Lipinski definition) is 2. The van der Waals surface area contributed by atoms with Gasteiger partial charge in [0.2, 0.25) is 0 Å². The summed E-state index contributed by atoms with van der Waals surface area (Å²) in [6.07, 6.45) is 3.35. The molecule has 1 heterocycles. The van der Waals surface area contributed by atoms with Gasteiger partial charge in [-0.25, -0.2) is 8.78 Å². The lowest BCUT2D eigenvalue weighted by Gasteiger charge is -2.22. The Morgan fingerprint density at radius 2 is 1.82 bits per heavy atom. The monoisotopic (exact) mass is 324 g/mol. The summed E-state index contributed by atoms with van der Waals surface area (Å²) in [6, 6.07) is 8.88. The van der Waals surface area contributed by atoms with Crippen molar-refractivity contribution < 1.29 is 13.6 Å². The smallest absolute Gasteiger partial charge is 0.260 e. The summed E-state index contributed by atoms with van der Waals surface area (Å²) in [5.74, 6) is -2.27. The summed E-state index contributed by atoms with van der Waals surface area (Å²) in [6.45, 7) is 0.262. The van der Waals surface area contributed by atoms with Crippen LogP contribution in [0.4, 0.5) is 8.78 Å².